The number of rotatable bonds is 5. The summed E-state index contributed by atoms with van der Waals surface area (Å²) in [5.41, 5.74) is -2.67. The molecule has 1 aliphatic heterocycles. The molecule has 0 spiro atoms. The summed E-state index contributed by atoms with van der Waals surface area (Å²) in [7, 11) is 0. The van der Waals surface area contributed by atoms with Crippen LogP contribution in [0.2, 0.25) is 0 Å². The van der Waals surface area contributed by atoms with Gasteiger partial charge in [-0.1, -0.05) is 0 Å². The molecule has 2 atom stereocenters. The second kappa shape index (κ2) is 9.54. The molecule has 0 saturated carbocycles. The number of alkyl halides is 3. The molecular weight excluding hydrogens is 427 g/mol. The summed E-state index contributed by atoms with van der Waals surface area (Å²) < 4.78 is 50.1. The van der Waals surface area contributed by atoms with E-state index in [0.717, 1.165) is 6.07 Å². The quantitative estimate of drug-likeness (QED) is 0.706. The maximum absolute atomic E-state index is 13.1. The number of halogens is 3. The fourth-order valence-corrected chi connectivity index (χ4v) is 3.31. The summed E-state index contributed by atoms with van der Waals surface area (Å²) in [6.07, 6.45) is -2.70. The van der Waals surface area contributed by atoms with Gasteiger partial charge in [0.2, 0.25) is 11.8 Å². The molecule has 2 heterocycles. The number of carbonyl (C=O) groups excluding carboxylic acids is 2. The number of ether oxygens (including phenoxy) is 2. The lowest BCUT2D eigenvalue weighted by Gasteiger charge is -2.39. The maximum Gasteiger partial charge on any atom is 0.421 e. The number of hydrogen-bond acceptors (Lipinski definition) is 5. The van der Waals surface area contributed by atoms with E-state index in [0.29, 0.717) is 19.4 Å². The lowest BCUT2D eigenvalue weighted by molar-refractivity contribution is -0.139. The predicted octanol–water partition coefficient (Wildman–Crippen LogP) is 4.41. The molecule has 0 radical (unpaired) electrons. The highest BCUT2D eigenvalue weighted by Crippen LogP contribution is 2.35. The number of piperidine rings is 1. The van der Waals surface area contributed by atoms with Gasteiger partial charge in [0.25, 0.3) is 0 Å². The Hall–Kier alpha value is -2.52. The molecule has 32 heavy (non-hydrogen) atoms. The number of pyridine rings is 1. The van der Waals surface area contributed by atoms with Crippen molar-refractivity contribution in [2.45, 2.75) is 78.2 Å². The van der Waals surface area contributed by atoms with Crippen molar-refractivity contribution in [3.8, 4) is 5.88 Å². The molecule has 1 N–H and O–H groups in total. The fourth-order valence-electron chi connectivity index (χ4n) is 3.31. The minimum absolute atomic E-state index is 0.133. The van der Waals surface area contributed by atoms with Crippen LogP contribution < -0.4 is 10.1 Å². The monoisotopic (exact) mass is 459 g/mol. The van der Waals surface area contributed by atoms with Crippen LogP contribution in [0.4, 0.5) is 18.0 Å². The van der Waals surface area contributed by atoms with Crippen molar-refractivity contribution < 1.29 is 32.2 Å². The first-order valence-electron chi connectivity index (χ1n) is 10.6. The molecular formula is C22H32F3N3O4. The van der Waals surface area contributed by atoms with Crippen molar-refractivity contribution in [1.82, 2.24) is 15.2 Å². The van der Waals surface area contributed by atoms with E-state index in [2.05, 4.69) is 10.3 Å². The Balaban J connectivity index is 1.93. The van der Waals surface area contributed by atoms with E-state index >= 15 is 0 Å². The fraction of sp³-hybridized carbons (Fsp3) is 0.682. The van der Waals surface area contributed by atoms with E-state index in [1.807, 2.05) is 6.92 Å². The summed E-state index contributed by atoms with van der Waals surface area (Å²) in [6.45, 7) is 10.6. The third-order valence-corrected chi connectivity index (χ3v) is 5.10. The smallest absolute Gasteiger partial charge is 0.421 e. The normalized spacial score (nSPS) is 20.0. The third kappa shape index (κ3) is 7.00. The van der Waals surface area contributed by atoms with Gasteiger partial charge in [0.05, 0.1) is 5.41 Å². The zero-order chi connectivity index (χ0) is 24.3. The summed E-state index contributed by atoms with van der Waals surface area (Å²) in [4.78, 5) is 30.5. The van der Waals surface area contributed by atoms with Crippen LogP contribution in [0.25, 0.3) is 0 Å². The van der Waals surface area contributed by atoms with Crippen LogP contribution in [-0.2, 0) is 15.7 Å². The molecule has 0 bridgehead atoms. The predicted molar refractivity (Wildman–Crippen MR) is 112 cm³/mol. The highest BCUT2D eigenvalue weighted by atomic mass is 19.4. The summed E-state index contributed by atoms with van der Waals surface area (Å²) in [5, 5.41) is 2.94. The lowest BCUT2D eigenvalue weighted by Crippen LogP contribution is -2.54. The zero-order valence-corrected chi connectivity index (χ0v) is 19.4. The van der Waals surface area contributed by atoms with E-state index in [1.165, 1.54) is 12.3 Å². The molecule has 7 nitrogen and oxygen atoms in total. The molecule has 1 fully saturated rings. The van der Waals surface area contributed by atoms with Crippen molar-refractivity contribution >= 4 is 12.0 Å². The Morgan fingerprint density at radius 3 is 2.44 bits per heavy atom. The van der Waals surface area contributed by atoms with E-state index in [4.69, 9.17) is 9.47 Å². The minimum Gasteiger partial charge on any atom is -0.476 e. The van der Waals surface area contributed by atoms with Crippen LogP contribution in [0, 0.1) is 5.41 Å². The van der Waals surface area contributed by atoms with Crippen LogP contribution >= 0.6 is 0 Å². The van der Waals surface area contributed by atoms with E-state index < -0.39 is 28.6 Å². The van der Waals surface area contributed by atoms with Crippen LogP contribution in [0.15, 0.2) is 18.3 Å². The van der Waals surface area contributed by atoms with Gasteiger partial charge >= 0.3 is 12.3 Å². The minimum atomic E-state index is -4.60. The van der Waals surface area contributed by atoms with Gasteiger partial charge in [0.15, 0.2) is 0 Å². The molecule has 0 aliphatic carbocycles. The van der Waals surface area contributed by atoms with Gasteiger partial charge < -0.3 is 19.7 Å². The number of carbonyl (C=O) groups is 2. The Kier molecular flexibility index (Phi) is 7.67. The number of nitrogens with one attached hydrogen (secondary N) is 1. The average Bonchev–Trinajstić information content (AvgIpc) is 2.64. The van der Waals surface area contributed by atoms with Crippen molar-refractivity contribution in [2.24, 2.45) is 5.41 Å². The van der Waals surface area contributed by atoms with E-state index in [9.17, 15) is 22.8 Å². The molecule has 180 valence electrons. The molecule has 1 aliphatic rings. The summed E-state index contributed by atoms with van der Waals surface area (Å²) >= 11 is 0. The van der Waals surface area contributed by atoms with E-state index in [1.54, 1.807) is 39.5 Å². The molecule has 2 amide bonds. The van der Waals surface area contributed by atoms with Crippen molar-refractivity contribution in [3.63, 3.8) is 0 Å². The van der Waals surface area contributed by atoms with Crippen LogP contribution in [0.1, 0.15) is 59.9 Å². The standard InChI is InChI=1S/C22H32F3N3O4/c1-14-12-15(9-11-28(14)19(30)32-20(2,3)4)27-18(29)21(5,6)13-31-17-16(22(23,24)25)8-7-10-26-17/h7-8,10,14-15H,9,11-13H2,1-6H3,(H,27,29)/t14-,15+/m1/s1. The van der Waals surface area contributed by atoms with Crippen LogP contribution in [0.5, 0.6) is 5.88 Å². The summed E-state index contributed by atoms with van der Waals surface area (Å²) in [5.74, 6) is -0.898. The molecule has 2 rings (SSSR count). The number of amides is 2. The SMILES string of the molecule is C[C@@H]1C[C@@H](NC(=O)C(C)(C)COc2ncccc2C(F)(F)F)CCN1C(=O)OC(C)(C)C. The third-order valence-electron chi connectivity index (χ3n) is 5.10. The van der Waals surface area contributed by atoms with Gasteiger partial charge in [-0.3, -0.25) is 4.79 Å². The van der Waals surface area contributed by atoms with Gasteiger partial charge in [-0.2, -0.15) is 13.2 Å². The molecule has 0 aromatic carbocycles. The first kappa shape index (κ1) is 25.7. The average molecular weight is 460 g/mol. The molecule has 1 saturated heterocycles. The molecule has 10 heteroatoms. The Morgan fingerprint density at radius 1 is 1.22 bits per heavy atom. The Labute approximate surface area is 186 Å². The number of hydrogen-bond donors (Lipinski definition) is 1. The first-order valence-corrected chi connectivity index (χ1v) is 10.6. The van der Waals surface area contributed by atoms with Gasteiger partial charge in [0.1, 0.15) is 17.8 Å². The summed E-state index contributed by atoms with van der Waals surface area (Å²) in [6, 6.07) is 1.76. The van der Waals surface area contributed by atoms with Crippen molar-refractivity contribution in [1.29, 1.82) is 0 Å². The topological polar surface area (TPSA) is 80.8 Å². The highest BCUT2D eigenvalue weighted by molar-refractivity contribution is 5.82. The second-order valence-corrected chi connectivity index (χ2v) is 9.74. The number of likely N-dealkylation sites (tertiary alicyclic amines) is 1. The van der Waals surface area contributed by atoms with Crippen molar-refractivity contribution in [2.75, 3.05) is 13.2 Å². The highest BCUT2D eigenvalue weighted by Gasteiger charge is 2.38. The van der Waals surface area contributed by atoms with Gasteiger partial charge in [-0.15, -0.1) is 0 Å². The number of aromatic nitrogens is 1. The van der Waals surface area contributed by atoms with Gasteiger partial charge in [0, 0.05) is 24.8 Å². The molecule has 1 aromatic rings. The van der Waals surface area contributed by atoms with Crippen LogP contribution in [0.3, 0.4) is 0 Å². The zero-order valence-electron chi connectivity index (χ0n) is 19.4. The van der Waals surface area contributed by atoms with Gasteiger partial charge in [-0.05, 0) is 66.5 Å². The van der Waals surface area contributed by atoms with Crippen molar-refractivity contribution in [3.05, 3.63) is 23.9 Å². The Bertz CT molecular complexity index is 821. The second-order valence-electron chi connectivity index (χ2n) is 9.74. The Morgan fingerprint density at radius 2 is 1.88 bits per heavy atom. The first-order chi connectivity index (χ1) is 14.6. The lowest BCUT2D eigenvalue weighted by atomic mass is 9.91. The largest absolute Gasteiger partial charge is 0.476 e. The molecule has 1 aromatic heterocycles. The number of nitrogens with zero attached hydrogens (tertiary/aromatic N) is 2. The van der Waals surface area contributed by atoms with E-state index in [-0.39, 0.29) is 30.7 Å². The maximum atomic E-state index is 13.1. The molecule has 0 unspecified atom stereocenters. The van der Waals surface area contributed by atoms with Gasteiger partial charge in [-0.25, -0.2) is 9.78 Å². The van der Waals surface area contributed by atoms with Crippen LogP contribution in [-0.4, -0.2) is 52.7 Å².